The van der Waals surface area contributed by atoms with E-state index in [-0.39, 0.29) is 10.9 Å². The van der Waals surface area contributed by atoms with Crippen LogP contribution in [0.25, 0.3) is 0 Å². The highest BCUT2D eigenvalue weighted by atomic mass is 32.2. The molecule has 0 saturated heterocycles. The van der Waals surface area contributed by atoms with Crippen LogP contribution in [0.2, 0.25) is 0 Å². The van der Waals surface area contributed by atoms with Crippen LogP contribution in [-0.2, 0) is 10.0 Å². The lowest BCUT2D eigenvalue weighted by atomic mass is 9.95. The molecule has 0 unspecified atom stereocenters. The molecule has 1 aliphatic carbocycles. The van der Waals surface area contributed by atoms with Crippen LogP contribution < -0.4 is 5.73 Å². The number of nitrogens with two attached hydrogens (primary N) is 1. The number of sulfonamides is 1. The standard InChI is InChI=1S/C15H24N2O2S/c1-3-17(13-9-5-4-6-10-13)20(18,19)15-12(2)8-7-11-14(15)16/h7-8,11,13H,3-6,9-10,16H2,1-2H3. The highest BCUT2D eigenvalue weighted by molar-refractivity contribution is 7.89. The molecule has 0 amide bonds. The molecule has 2 N–H and O–H groups in total. The lowest BCUT2D eigenvalue weighted by Crippen LogP contribution is -2.41. The van der Waals surface area contributed by atoms with Crippen molar-refractivity contribution >= 4 is 15.7 Å². The molecule has 1 aliphatic rings. The largest absolute Gasteiger partial charge is 0.398 e. The number of hydrogen-bond acceptors (Lipinski definition) is 3. The highest BCUT2D eigenvalue weighted by Gasteiger charge is 2.33. The summed E-state index contributed by atoms with van der Waals surface area (Å²) in [4.78, 5) is 0.285. The molecule has 112 valence electrons. The first-order valence-corrected chi connectivity index (χ1v) is 8.79. The normalized spacial score (nSPS) is 17.6. The van der Waals surface area contributed by atoms with Gasteiger partial charge in [0.1, 0.15) is 4.90 Å². The number of aryl methyl sites for hydroxylation is 1. The van der Waals surface area contributed by atoms with Crippen LogP contribution in [0.4, 0.5) is 5.69 Å². The monoisotopic (exact) mass is 296 g/mol. The second-order valence-electron chi connectivity index (χ2n) is 5.49. The second kappa shape index (κ2) is 6.14. The molecular weight excluding hydrogens is 272 g/mol. The Balaban J connectivity index is 2.41. The van der Waals surface area contributed by atoms with Gasteiger partial charge in [-0.1, -0.05) is 38.3 Å². The molecule has 1 saturated carbocycles. The molecule has 2 rings (SSSR count). The first-order valence-electron chi connectivity index (χ1n) is 7.35. The molecule has 1 aromatic rings. The number of hydrogen-bond donors (Lipinski definition) is 1. The van der Waals surface area contributed by atoms with Gasteiger partial charge in [0.2, 0.25) is 10.0 Å². The third-order valence-corrected chi connectivity index (χ3v) is 6.35. The summed E-state index contributed by atoms with van der Waals surface area (Å²) in [5.41, 5.74) is 6.99. The fourth-order valence-corrected chi connectivity index (χ4v) is 5.16. The van der Waals surface area contributed by atoms with Crippen molar-refractivity contribution in [3.63, 3.8) is 0 Å². The highest BCUT2D eigenvalue weighted by Crippen LogP contribution is 2.31. The first-order chi connectivity index (χ1) is 9.48. The van der Waals surface area contributed by atoms with Gasteiger partial charge in [-0.15, -0.1) is 0 Å². The Morgan fingerprint density at radius 3 is 2.45 bits per heavy atom. The Bertz CT molecular complexity index is 543. The molecule has 4 nitrogen and oxygen atoms in total. The maximum atomic E-state index is 13.0. The Labute approximate surface area is 122 Å². The van der Waals surface area contributed by atoms with E-state index in [9.17, 15) is 8.42 Å². The van der Waals surface area contributed by atoms with Crippen LogP contribution in [0.3, 0.4) is 0 Å². The second-order valence-corrected chi connectivity index (χ2v) is 7.32. The van der Waals surface area contributed by atoms with E-state index in [1.165, 1.54) is 6.42 Å². The number of anilines is 1. The summed E-state index contributed by atoms with van der Waals surface area (Å²) in [5, 5.41) is 0. The van der Waals surface area contributed by atoms with Crippen molar-refractivity contribution in [1.29, 1.82) is 0 Å². The topological polar surface area (TPSA) is 63.4 Å². The van der Waals surface area contributed by atoms with Crippen LogP contribution in [0.15, 0.2) is 23.1 Å². The average Bonchev–Trinajstić information content (AvgIpc) is 2.40. The molecular formula is C15H24N2O2S. The van der Waals surface area contributed by atoms with E-state index in [4.69, 9.17) is 5.73 Å². The summed E-state index contributed by atoms with van der Waals surface area (Å²) in [5.74, 6) is 0. The first kappa shape index (κ1) is 15.3. The minimum absolute atomic E-state index is 0.123. The molecule has 0 atom stereocenters. The molecule has 0 aliphatic heterocycles. The summed E-state index contributed by atoms with van der Waals surface area (Å²) in [6.45, 7) is 4.21. The van der Waals surface area contributed by atoms with Gasteiger partial charge >= 0.3 is 0 Å². The molecule has 5 heteroatoms. The zero-order chi connectivity index (χ0) is 14.8. The van der Waals surface area contributed by atoms with Crippen molar-refractivity contribution in [1.82, 2.24) is 4.31 Å². The van der Waals surface area contributed by atoms with Gasteiger partial charge in [-0.2, -0.15) is 4.31 Å². The van der Waals surface area contributed by atoms with E-state index >= 15 is 0 Å². The summed E-state index contributed by atoms with van der Waals surface area (Å²) in [7, 11) is -3.50. The van der Waals surface area contributed by atoms with Crippen molar-refractivity contribution in [3.8, 4) is 0 Å². The molecule has 0 heterocycles. The quantitative estimate of drug-likeness (QED) is 0.869. The Morgan fingerprint density at radius 2 is 1.90 bits per heavy atom. The predicted molar refractivity (Wildman–Crippen MR) is 82.0 cm³/mol. The van der Waals surface area contributed by atoms with Crippen LogP contribution in [-0.4, -0.2) is 25.3 Å². The molecule has 0 aromatic heterocycles. The zero-order valence-corrected chi connectivity index (χ0v) is 13.1. The summed E-state index contributed by atoms with van der Waals surface area (Å²) < 4.78 is 27.5. The molecule has 0 spiro atoms. The third kappa shape index (κ3) is 2.83. The van der Waals surface area contributed by atoms with Crippen LogP contribution in [0.1, 0.15) is 44.6 Å². The van der Waals surface area contributed by atoms with Crippen LogP contribution >= 0.6 is 0 Å². The fraction of sp³-hybridized carbons (Fsp3) is 0.600. The van der Waals surface area contributed by atoms with Crippen molar-refractivity contribution in [3.05, 3.63) is 23.8 Å². The van der Waals surface area contributed by atoms with Gasteiger partial charge in [-0.25, -0.2) is 8.42 Å². The van der Waals surface area contributed by atoms with Gasteiger partial charge in [0, 0.05) is 12.6 Å². The van der Waals surface area contributed by atoms with E-state index in [2.05, 4.69) is 0 Å². The molecule has 0 bridgehead atoms. The fourth-order valence-electron chi connectivity index (χ4n) is 3.14. The van der Waals surface area contributed by atoms with E-state index < -0.39 is 10.0 Å². The Kier molecular flexibility index (Phi) is 4.70. The van der Waals surface area contributed by atoms with Crippen LogP contribution in [0, 0.1) is 6.92 Å². The van der Waals surface area contributed by atoms with Crippen molar-refractivity contribution < 1.29 is 8.42 Å². The third-order valence-electron chi connectivity index (χ3n) is 4.10. The zero-order valence-electron chi connectivity index (χ0n) is 12.3. The Morgan fingerprint density at radius 1 is 1.25 bits per heavy atom. The SMILES string of the molecule is CCN(C1CCCCC1)S(=O)(=O)c1c(C)cccc1N. The smallest absolute Gasteiger partial charge is 0.245 e. The Hall–Kier alpha value is -1.07. The molecule has 1 fully saturated rings. The lowest BCUT2D eigenvalue weighted by Gasteiger charge is -2.33. The molecule has 0 radical (unpaired) electrons. The van der Waals surface area contributed by atoms with Crippen molar-refractivity contribution in [2.75, 3.05) is 12.3 Å². The van der Waals surface area contributed by atoms with Crippen molar-refractivity contribution in [2.45, 2.75) is 56.9 Å². The minimum atomic E-state index is -3.50. The maximum absolute atomic E-state index is 13.0. The number of nitrogens with zero attached hydrogens (tertiary/aromatic N) is 1. The van der Waals surface area contributed by atoms with E-state index in [0.29, 0.717) is 12.2 Å². The van der Waals surface area contributed by atoms with Gasteiger partial charge in [0.25, 0.3) is 0 Å². The van der Waals surface area contributed by atoms with Gasteiger partial charge < -0.3 is 5.73 Å². The molecule has 20 heavy (non-hydrogen) atoms. The van der Waals surface area contributed by atoms with Gasteiger partial charge in [0.15, 0.2) is 0 Å². The summed E-state index contributed by atoms with van der Waals surface area (Å²) >= 11 is 0. The van der Waals surface area contributed by atoms with E-state index in [1.54, 1.807) is 29.4 Å². The number of nitrogen functional groups attached to an aromatic ring is 1. The maximum Gasteiger partial charge on any atom is 0.245 e. The van der Waals surface area contributed by atoms with Gasteiger partial charge in [0.05, 0.1) is 5.69 Å². The van der Waals surface area contributed by atoms with Crippen molar-refractivity contribution in [2.24, 2.45) is 0 Å². The van der Waals surface area contributed by atoms with E-state index in [0.717, 1.165) is 31.2 Å². The average molecular weight is 296 g/mol. The van der Waals surface area contributed by atoms with Gasteiger partial charge in [-0.3, -0.25) is 0 Å². The van der Waals surface area contributed by atoms with Gasteiger partial charge in [-0.05, 0) is 31.4 Å². The van der Waals surface area contributed by atoms with Crippen LogP contribution in [0.5, 0.6) is 0 Å². The summed E-state index contributed by atoms with van der Waals surface area (Å²) in [6, 6.07) is 5.38. The summed E-state index contributed by atoms with van der Waals surface area (Å²) in [6.07, 6.45) is 5.35. The minimum Gasteiger partial charge on any atom is -0.398 e. The lowest BCUT2D eigenvalue weighted by molar-refractivity contribution is 0.261. The van der Waals surface area contributed by atoms with E-state index in [1.807, 2.05) is 6.92 Å². The number of rotatable bonds is 4. The number of benzene rings is 1. The molecule has 1 aromatic carbocycles. The predicted octanol–water partition coefficient (Wildman–Crippen LogP) is 2.92.